The number of rotatable bonds is 5. The fraction of sp³-hybridized carbons (Fsp3) is 0.227. The molecule has 2 aromatic carbocycles. The van der Waals surface area contributed by atoms with Crippen molar-refractivity contribution in [2.24, 2.45) is 0 Å². The summed E-state index contributed by atoms with van der Waals surface area (Å²) in [5, 5.41) is 2.67. The summed E-state index contributed by atoms with van der Waals surface area (Å²) in [7, 11) is 1.54. The first-order valence-electron chi connectivity index (χ1n) is 9.15. The molecule has 1 saturated heterocycles. The minimum absolute atomic E-state index is 0.00946. The van der Waals surface area contributed by atoms with E-state index < -0.39 is 11.8 Å². The second kappa shape index (κ2) is 8.45. The summed E-state index contributed by atoms with van der Waals surface area (Å²) >= 11 is 5.27. The number of carbonyl (C=O) groups excluding carboxylic acids is 2. The fourth-order valence-electron chi connectivity index (χ4n) is 3.15. The predicted octanol–water partition coefficient (Wildman–Crippen LogP) is 3.54. The second-order valence-corrected chi connectivity index (χ2v) is 6.98. The van der Waals surface area contributed by atoms with E-state index in [0.29, 0.717) is 29.4 Å². The van der Waals surface area contributed by atoms with E-state index in [-0.39, 0.29) is 10.7 Å². The highest BCUT2D eigenvalue weighted by atomic mass is 32.1. The lowest BCUT2D eigenvalue weighted by molar-refractivity contribution is -0.122. The van der Waals surface area contributed by atoms with Crippen LogP contribution >= 0.6 is 12.2 Å². The summed E-state index contributed by atoms with van der Waals surface area (Å²) < 4.78 is 10.9. The molecule has 0 spiro atoms. The van der Waals surface area contributed by atoms with Crippen LogP contribution in [0.25, 0.3) is 6.08 Å². The zero-order chi connectivity index (χ0) is 21.1. The van der Waals surface area contributed by atoms with Gasteiger partial charge in [-0.15, -0.1) is 0 Å². The molecule has 0 aliphatic carbocycles. The van der Waals surface area contributed by atoms with Gasteiger partial charge in [-0.1, -0.05) is 23.8 Å². The van der Waals surface area contributed by atoms with Gasteiger partial charge in [-0.2, -0.15) is 0 Å². The number of hydrogen-bond donors (Lipinski definition) is 1. The van der Waals surface area contributed by atoms with Crippen LogP contribution in [-0.2, 0) is 9.59 Å². The first-order chi connectivity index (χ1) is 13.8. The van der Waals surface area contributed by atoms with Crippen molar-refractivity contribution in [3.05, 3.63) is 58.7 Å². The molecular weight excluding hydrogens is 388 g/mol. The fourth-order valence-corrected chi connectivity index (χ4v) is 3.42. The third-order valence-corrected chi connectivity index (χ3v) is 4.78. The summed E-state index contributed by atoms with van der Waals surface area (Å²) in [5.74, 6) is 0.105. The van der Waals surface area contributed by atoms with Crippen LogP contribution in [0.4, 0.5) is 5.69 Å². The molecule has 7 heteroatoms. The van der Waals surface area contributed by atoms with Gasteiger partial charge in [0.2, 0.25) is 0 Å². The normalized spacial score (nSPS) is 15.5. The molecule has 0 radical (unpaired) electrons. The summed E-state index contributed by atoms with van der Waals surface area (Å²) in [4.78, 5) is 27.0. The quantitative estimate of drug-likeness (QED) is 0.464. The Balaban J connectivity index is 2.01. The van der Waals surface area contributed by atoms with Gasteiger partial charge in [0.15, 0.2) is 16.6 Å². The highest BCUT2D eigenvalue weighted by Crippen LogP contribution is 2.30. The van der Waals surface area contributed by atoms with Crippen molar-refractivity contribution in [2.45, 2.75) is 20.8 Å². The van der Waals surface area contributed by atoms with Gasteiger partial charge in [0.25, 0.3) is 11.8 Å². The number of thiocarbonyl (C=S) groups is 1. The van der Waals surface area contributed by atoms with Crippen LogP contribution in [0, 0.1) is 13.8 Å². The Kier molecular flexibility index (Phi) is 5.98. The smallest absolute Gasteiger partial charge is 0.270 e. The summed E-state index contributed by atoms with van der Waals surface area (Å²) in [6.07, 6.45) is 1.52. The molecule has 1 aliphatic rings. The van der Waals surface area contributed by atoms with Crippen molar-refractivity contribution in [2.75, 3.05) is 18.6 Å². The number of nitrogens with zero attached hydrogens (tertiary/aromatic N) is 1. The standard InChI is InChI=1S/C22H22N2O4S/c1-5-28-18-9-7-15(12-19(18)27-4)11-16-20(25)23-22(29)24(21(16)26)17-8-6-13(2)10-14(17)3/h6-12H,5H2,1-4H3,(H,23,25,29)/b16-11+. The predicted molar refractivity (Wildman–Crippen MR) is 116 cm³/mol. The van der Waals surface area contributed by atoms with E-state index in [1.807, 2.05) is 39.0 Å². The maximum Gasteiger partial charge on any atom is 0.270 e. The van der Waals surface area contributed by atoms with E-state index in [2.05, 4.69) is 5.32 Å². The summed E-state index contributed by atoms with van der Waals surface area (Å²) in [5.41, 5.74) is 3.23. The van der Waals surface area contributed by atoms with Crippen molar-refractivity contribution in [1.29, 1.82) is 0 Å². The van der Waals surface area contributed by atoms with Gasteiger partial charge in [-0.25, -0.2) is 0 Å². The molecule has 1 fully saturated rings. The van der Waals surface area contributed by atoms with Crippen molar-refractivity contribution in [3.63, 3.8) is 0 Å². The summed E-state index contributed by atoms with van der Waals surface area (Å²) in [6.45, 7) is 6.25. The Morgan fingerprint density at radius 3 is 2.52 bits per heavy atom. The van der Waals surface area contributed by atoms with Gasteiger partial charge in [0, 0.05) is 0 Å². The third kappa shape index (κ3) is 4.14. The lowest BCUT2D eigenvalue weighted by atomic mass is 10.0. The molecule has 0 atom stereocenters. The van der Waals surface area contributed by atoms with Crippen LogP contribution in [0.5, 0.6) is 11.5 Å². The number of amides is 2. The lowest BCUT2D eigenvalue weighted by Gasteiger charge is -2.30. The van der Waals surface area contributed by atoms with E-state index in [9.17, 15) is 9.59 Å². The van der Waals surface area contributed by atoms with Crippen molar-refractivity contribution >= 4 is 40.9 Å². The number of hydrogen-bond acceptors (Lipinski definition) is 5. The van der Waals surface area contributed by atoms with E-state index in [0.717, 1.165) is 11.1 Å². The molecule has 2 amide bonds. The molecule has 1 aliphatic heterocycles. The molecule has 1 heterocycles. The molecule has 0 aromatic heterocycles. The van der Waals surface area contributed by atoms with Crippen LogP contribution in [0.3, 0.4) is 0 Å². The van der Waals surface area contributed by atoms with E-state index in [1.54, 1.807) is 18.2 Å². The van der Waals surface area contributed by atoms with Crippen LogP contribution in [0.2, 0.25) is 0 Å². The van der Waals surface area contributed by atoms with E-state index in [1.165, 1.54) is 18.1 Å². The monoisotopic (exact) mass is 410 g/mol. The molecule has 2 aromatic rings. The number of methoxy groups -OCH3 is 1. The van der Waals surface area contributed by atoms with Gasteiger partial charge in [-0.3, -0.25) is 19.8 Å². The zero-order valence-corrected chi connectivity index (χ0v) is 17.6. The van der Waals surface area contributed by atoms with Crippen LogP contribution in [-0.4, -0.2) is 30.6 Å². The van der Waals surface area contributed by atoms with E-state index in [4.69, 9.17) is 21.7 Å². The van der Waals surface area contributed by atoms with Crippen molar-refractivity contribution in [3.8, 4) is 11.5 Å². The molecule has 0 bridgehead atoms. The van der Waals surface area contributed by atoms with E-state index >= 15 is 0 Å². The molecular formula is C22H22N2O4S. The number of nitrogens with one attached hydrogen (secondary N) is 1. The van der Waals surface area contributed by atoms with Crippen molar-refractivity contribution < 1.29 is 19.1 Å². The lowest BCUT2D eigenvalue weighted by Crippen LogP contribution is -2.54. The number of carbonyl (C=O) groups is 2. The Labute approximate surface area is 175 Å². The second-order valence-electron chi connectivity index (χ2n) is 6.59. The van der Waals surface area contributed by atoms with Gasteiger partial charge in [-0.05, 0) is 68.4 Å². The molecule has 0 unspecified atom stereocenters. The Morgan fingerprint density at radius 1 is 1.10 bits per heavy atom. The maximum atomic E-state index is 13.2. The van der Waals surface area contributed by atoms with Gasteiger partial charge >= 0.3 is 0 Å². The van der Waals surface area contributed by atoms with Crippen LogP contribution < -0.4 is 19.7 Å². The molecule has 1 N–H and O–H groups in total. The Hall–Kier alpha value is -3.19. The molecule has 3 rings (SSSR count). The highest BCUT2D eigenvalue weighted by Gasteiger charge is 2.35. The SMILES string of the molecule is CCOc1ccc(/C=C2\C(=O)NC(=S)N(c3ccc(C)cc3C)C2=O)cc1OC. The molecule has 6 nitrogen and oxygen atoms in total. The van der Waals surface area contributed by atoms with Crippen LogP contribution in [0.15, 0.2) is 42.0 Å². The minimum Gasteiger partial charge on any atom is -0.493 e. The zero-order valence-electron chi connectivity index (χ0n) is 16.7. The number of benzene rings is 2. The Bertz CT molecular complexity index is 1030. The number of anilines is 1. The maximum absolute atomic E-state index is 13.2. The van der Waals surface area contributed by atoms with Gasteiger partial charge < -0.3 is 9.47 Å². The Morgan fingerprint density at radius 2 is 1.86 bits per heavy atom. The minimum atomic E-state index is -0.533. The molecule has 29 heavy (non-hydrogen) atoms. The number of ether oxygens (including phenoxy) is 2. The molecule has 150 valence electrons. The number of aryl methyl sites for hydroxylation is 2. The van der Waals surface area contributed by atoms with Gasteiger partial charge in [0.1, 0.15) is 5.57 Å². The van der Waals surface area contributed by atoms with Gasteiger partial charge in [0.05, 0.1) is 19.4 Å². The average molecular weight is 410 g/mol. The third-order valence-electron chi connectivity index (χ3n) is 4.49. The molecule has 0 saturated carbocycles. The first kappa shape index (κ1) is 20.5. The van der Waals surface area contributed by atoms with Crippen molar-refractivity contribution in [1.82, 2.24) is 5.32 Å². The average Bonchev–Trinajstić information content (AvgIpc) is 2.67. The first-order valence-corrected chi connectivity index (χ1v) is 9.56. The highest BCUT2D eigenvalue weighted by molar-refractivity contribution is 7.80. The largest absolute Gasteiger partial charge is 0.493 e. The van der Waals surface area contributed by atoms with Crippen LogP contribution in [0.1, 0.15) is 23.6 Å². The summed E-state index contributed by atoms with van der Waals surface area (Å²) in [6, 6.07) is 10.9. The topological polar surface area (TPSA) is 67.9 Å².